The molecule has 0 unspecified atom stereocenters. The Morgan fingerprint density at radius 3 is 2.76 bits per heavy atom. The highest BCUT2D eigenvalue weighted by molar-refractivity contribution is 6.31. The molecule has 0 aliphatic carbocycles. The number of para-hydroxylation sites is 1. The summed E-state index contributed by atoms with van der Waals surface area (Å²) in [5.74, 6) is 0. The number of hydrogen-bond acceptors (Lipinski definition) is 2. The molecule has 0 aliphatic heterocycles. The minimum Gasteiger partial charge on any atom is -0.341 e. The van der Waals surface area contributed by atoms with Crippen molar-refractivity contribution < 1.29 is 4.79 Å². The monoisotopic (exact) mass is 301 g/mol. The molecule has 4 nitrogen and oxygen atoms in total. The number of carbonyl (C=O) groups is 1. The Kier molecular flexibility index (Phi) is 3.55. The van der Waals surface area contributed by atoms with E-state index in [2.05, 4.69) is 5.10 Å². The molecule has 0 amide bonds. The summed E-state index contributed by atoms with van der Waals surface area (Å²) in [6.07, 6.45) is 3.56. The van der Waals surface area contributed by atoms with E-state index in [0.29, 0.717) is 17.1 Å². The zero-order chi connectivity index (χ0) is 15.0. The number of nitrogens with zero attached hydrogens (tertiary/aromatic N) is 3. The molecule has 1 aromatic carbocycles. The number of aromatic nitrogens is 3. The largest absolute Gasteiger partial charge is 0.341 e. The minimum absolute atomic E-state index is 0.594. The van der Waals surface area contributed by atoms with Crippen LogP contribution in [0.15, 0.2) is 30.5 Å². The van der Waals surface area contributed by atoms with E-state index < -0.39 is 0 Å². The molecule has 0 radical (unpaired) electrons. The molecule has 0 bridgehead atoms. The molecule has 0 saturated heterocycles. The van der Waals surface area contributed by atoms with E-state index in [4.69, 9.17) is 11.6 Å². The zero-order valence-electron chi connectivity index (χ0n) is 12.0. The Labute approximate surface area is 127 Å². The SMILES string of the molecule is CCc1nn(C)c(Cn2cc(C=O)c3ccccc32)c1Cl. The Balaban J connectivity index is 2.10. The van der Waals surface area contributed by atoms with Crippen LogP contribution in [0.1, 0.15) is 28.7 Å². The fourth-order valence-corrected chi connectivity index (χ4v) is 3.01. The Hall–Kier alpha value is -2.07. The van der Waals surface area contributed by atoms with Gasteiger partial charge in [-0.3, -0.25) is 9.48 Å². The molecule has 2 heterocycles. The van der Waals surface area contributed by atoms with Gasteiger partial charge in [-0.05, 0) is 12.5 Å². The highest BCUT2D eigenvalue weighted by Gasteiger charge is 2.15. The Morgan fingerprint density at radius 1 is 1.33 bits per heavy atom. The predicted molar refractivity (Wildman–Crippen MR) is 84.0 cm³/mol. The molecule has 0 aliphatic rings. The van der Waals surface area contributed by atoms with Gasteiger partial charge in [0.2, 0.25) is 0 Å². The fourth-order valence-electron chi connectivity index (χ4n) is 2.65. The van der Waals surface area contributed by atoms with E-state index in [1.54, 1.807) is 0 Å². The van der Waals surface area contributed by atoms with Crippen molar-refractivity contribution in [3.8, 4) is 0 Å². The van der Waals surface area contributed by atoms with Crippen molar-refractivity contribution in [2.45, 2.75) is 19.9 Å². The summed E-state index contributed by atoms with van der Waals surface area (Å²) in [6, 6.07) is 7.87. The van der Waals surface area contributed by atoms with E-state index >= 15 is 0 Å². The minimum atomic E-state index is 0.594. The average molecular weight is 302 g/mol. The van der Waals surface area contributed by atoms with E-state index in [-0.39, 0.29) is 0 Å². The first-order valence-corrected chi connectivity index (χ1v) is 7.26. The van der Waals surface area contributed by atoms with Crippen molar-refractivity contribution in [1.29, 1.82) is 0 Å². The third-order valence-electron chi connectivity index (χ3n) is 3.77. The summed E-state index contributed by atoms with van der Waals surface area (Å²) < 4.78 is 3.86. The van der Waals surface area contributed by atoms with Gasteiger partial charge in [0.25, 0.3) is 0 Å². The summed E-state index contributed by atoms with van der Waals surface area (Å²) >= 11 is 6.41. The second-order valence-electron chi connectivity index (χ2n) is 5.03. The van der Waals surface area contributed by atoms with E-state index in [9.17, 15) is 4.79 Å². The lowest BCUT2D eigenvalue weighted by Gasteiger charge is -2.06. The summed E-state index contributed by atoms with van der Waals surface area (Å²) in [6.45, 7) is 2.63. The first-order chi connectivity index (χ1) is 10.2. The van der Waals surface area contributed by atoms with Gasteiger partial charge in [0.05, 0.1) is 23.0 Å². The molecular formula is C16H16ClN3O. The van der Waals surface area contributed by atoms with Gasteiger partial charge in [-0.15, -0.1) is 0 Å². The number of benzene rings is 1. The Bertz CT molecular complexity index is 816. The summed E-state index contributed by atoms with van der Waals surface area (Å²) in [5, 5.41) is 6.11. The lowest BCUT2D eigenvalue weighted by atomic mass is 10.2. The first kappa shape index (κ1) is 13.9. The zero-order valence-corrected chi connectivity index (χ0v) is 12.8. The van der Waals surface area contributed by atoms with Crippen LogP contribution in [-0.2, 0) is 20.0 Å². The van der Waals surface area contributed by atoms with Crippen molar-refractivity contribution in [1.82, 2.24) is 14.3 Å². The standard InChI is InChI=1S/C16H16ClN3O/c1-3-13-16(17)15(19(2)18-13)9-20-8-11(10-21)12-6-4-5-7-14(12)20/h4-8,10H,3,9H2,1-2H3. The average Bonchev–Trinajstić information content (AvgIpc) is 2.99. The van der Waals surface area contributed by atoms with Gasteiger partial charge < -0.3 is 4.57 Å². The van der Waals surface area contributed by atoms with Crippen LogP contribution >= 0.6 is 11.6 Å². The van der Waals surface area contributed by atoms with Gasteiger partial charge in [-0.2, -0.15) is 5.10 Å². The molecule has 0 spiro atoms. The lowest BCUT2D eigenvalue weighted by Crippen LogP contribution is -2.05. The molecule has 108 valence electrons. The lowest BCUT2D eigenvalue weighted by molar-refractivity contribution is 0.112. The van der Waals surface area contributed by atoms with Crippen LogP contribution < -0.4 is 0 Å². The molecule has 0 N–H and O–H groups in total. The topological polar surface area (TPSA) is 39.8 Å². The van der Waals surface area contributed by atoms with Crippen molar-refractivity contribution in [3.63, 3.8) is 0 Å². The van der Waals surface area contributed by atoms with Gasteiger partial charge in [0.1, 0.15) is 0 Å². The van der Waals surface area contributed by atoms with Crippen LogP contribution in [0.2, 0.25) is 5.02 Å². The molecule has 5 heteroatoms. The molecule has 0 saturated carbocycles. The smallest absolute Gasteiger partial charge is 0.152 e. The van der Waals surface area contributed by atoms with Crippen LogP contribution in [0.4, 0.5) is 0 Å². The number of aryl methyl sites for hydroxylation is 2. The predicted octanol–water partition coefficient (Wildman–Crippen LogP) is 3.45. The molecule has 21 heavy (non-hydrogen) atoms. The second-order valence-corrected chi connectivity index (χ2v) is 5.41. The van der Waals surface area contributed by atoms with Crippen LogP contribution in [0, 0.1) is 0 Å². The maximum absolute atomic E-state index is 11.2. The fraction of sp³-hybridized carbons (Fsp3) is 0.250. The van der Waals surface area contributed by atoms with Crippen molar-refractivity contribution in [2.24, 2.45) is 7.05 Å². The van der Waals surface area contributed by atoms with Gasteiger partial charge >= 0.3 is 0 Å². The highest BCUT2D eigenvalue weighted by Crippen LogP contribution is 2.25. The number of carbonyl (C=O) groups excluding carboxylic acids is 1. The van der Waals surface area contributed by atoms with Gasteiger partial charge in [0, 0.05) is 29.7 Å². The number of aldehydes is 1. The Morgan fingerprint density at radius 2 is 2.10 bits per heavy atom. The molecule has 3 rings (SSSR count). The molecule has 2 aromatic heterocycles. The molecule has 0 fully saturated rings. The summed E-state index contributed by atoms with van der Waals surface area (Å²) in [4.78, 5) is 11.2. The molecule has 0 atom stereocenters. The molecular weight excluding hydrogens is 286 g/mol. The van der Waals surface area contributed by atoms with Crippen LogP contribution in [0.5, 0.6) is 0 Å². The van der Waals surface area contributed by atoms with Crippen molar-refractivity contribution >= 4 is 28.8 Å². The third-order valence-corrected chi connectivity index (χ3v) is 4.21. The maximum Gasteiger partial charge on any atom is 0.152 e. The first-order valence-electron chi connectivity index (χ1n) is 6.89. The third kappa shape index (κ3) is 2.25. The molecule has 3 aromatic rings. The van der Waals surface area contributed by atoms with Gasteiger partial charge in [0.15, 0.2) is 6.29 Å². The van der Waals surface area contributed by atoms with Gasteiger partial charge in [-0.1, -0.05) is 36.7 Å². The van der Waals surface area contributed by atoms with Gasteiger partial charge in [-0.25, -0.2) is 0 Å². The summed E-state index contributed by atoms with van der Waals surface area (Å²) in [5.41, 5.74) is 3.57. The summed E-state index contributed by atoms with van der Waals surface area (Å²) in [7, 11) is 1.90. The number of halogens is 1. The van der Waals surface area contributed by atoms with Crippen molar-refractivity contribution in [3.05, 3.63) is 52.4 Å². The second kappa shape index (κ2) is 5.37. The highest BCUT2D eigenvalue weighted by atomic mass is 35.5. The number of hydrogen-bond donors (Lipinski definition) is 0. The van der Waals surface area contributed by atoms with Crippen LogP contribution in [0.3, 0.4) is 0 Å². The van der Waals surface area contributed by atoms with E-state index in [1.165, 1.54) is 0 Å². The maximum atomic E-state index is 11.2. The quantitative estimate of drug-likeness (QED) is 0.692. The van der Waals surface area contributed by atoms with Crippen molar-refractivity contribution in [2.75, 3.05) is 0 Å². The van der Waals surface area contributed by atoms with E-state index in [0.717, 1.165) is 35.0 Å². The van der Waals surface area contributed by atoms with Crippen LogP contribution in [-0.4, -0.2) is 20.6 Å². The number of fused-ring (bicyclic) bond motifs is 1. The van der Waals surface area contributed by atoms with E-state index in [1.807, 2.05) is 53.7 Å². The van der Waals surface area contributed by atoms with Crippen LogP contribution in [0.25, 0.3) is 10.9 Å². The number of rotatable bonds is 4. The normalized spacial score (nSPS) is 11.2.